The number of hydrogen-bond donors (Lipinski definition) is 1. The maximum Gasteiger partial charge on any atom is 0.255 e. The molecule has 1 aliphatic rings. The quantitative estimate of drug-likeness (QED) is 0.793. The van der Waals surface area contributed by atoms with Gasteiger partial charge in [-0.25, -0.2) is 13.1 Å². The van der Waals surface area contributed by atoms with E-state index in [1.807, 2.05) is 6.07 Å². The van der Waals surface area contributed by atoms with Crippen molar-refractivity contribution in [3.8, 4) is 0 Å². The summed E-state index contributed by atoms with van der Waals surface area (Å²) in [6, 6.07) is 14.8. The zero-order valence-electron chi connectivity index (χ0n) is 16.1. The number of nitrogens with one attached hydrogen (secondary N) is 1. The van der Waals surface area contributed by atoms with E-state index < -0.39 is 10.0 Å². The molecule has 7 heteroatoms. The third-order valence-corrected chi connectivity index (χ3v) is 7.32. The predicted molar refractivity (Wildman–Crippen MR) is 111 cm³/mol. The molecule has 0 aromatic heterocycles. The van der Waals surface area contributed by atoms with Gasteiger partial charge in [-0.05, 0) is 62.4 Å². The molecule has 1 N–H and O–H groups in total. The maximum absolute atomic E-state index is 13.0. The summed E-state index contributed by atoms with van der Waals surface area (Å²) in [5, 5.41) is 0.255. The van der Waals surface area contributed by atoms with E-state index >= 15 is 0 Å². The Morgan fingerprint density at radius 2 is 1.71 bits per heavy atom. The minimum absolute atomic E-state index is 0.0314. The number of amides is 1. The molecule has 0 unspecified atom stereocenters. The zero-order chi connectivity index (χ0) is 20.3. The monoisotopic (exact) mass is 420 g/mol. The molecule has 2 aromatic rings. The SMILES string of the molecule is CNS(=O)(=O)c1ccc(Cl)c(C(=O)N(C)C2CCC(c3ccccc3)CC2)c1. The Labute approximate surface area is 171 Å². The van der Waals surface area contributed by atoms with Crippen LogP contribution in [0.2, 0.25) is 5.02 Å². The first-order valence-corrected chi connectivity index (χ1v) is 11.2. The van der Waals surface area contributed by atoms with Gasteiger partial charge in [0.2, 0.25) is 10.0 Å². The number of rotatable bonds is 5. The number of halogens is 1. The number of sulfonamides is 1. The maximum atomic E-state index is 13.0. The van der Waals surface area contributed by atoms with E-state index in [-0.39, 0.29) is 27.4 Å². The van der Waals surface area contributed by atoms with Crippen molar-refractivity contribution in [3.63, 3.8) is 0 Å². The largest absolute Gasteiger partial charge is 0.339 e. The Hall–Kier alpha value is -1.89. The predicted octanol–water partition coefficient (Wildman–Crippen LogP) is 4.05. The van der Waals surface area contributed by atoms with Crippen LogP contribution in [-0.4, -0.2) is 39.4 Å². The van der Waals surface area contributed by atoms with E-state index in [9.17, 15) is 13.2 Å². The molecule has 1 fully saturated rings. The Morgan fingerprint density at radius 3 is 2.32 bits per heavy atom. The fourth-order valence-corrected chi connectivity index (χ4v) is 4.79. The molecule has 5 nitrogen and oxygen atoms in total. The molecular formula is C21H25ClN2O3S. The molecule has 0 spiro atoms. The van der Waals surface area contributed by atoms with Crippen molar-refractivity contribution in [2.75, 3.05) is 14.1 Å². The van der Waals surface area contributed by atoms with Crippen LogP contribution in [0.3, 0.4) is 0 Å². The summed E-state index contributed by atoms with van der Waals surface area (Å²) in [5.41, 5.74) is 1.56. The normalized spacial score (nSPS) is 20.0. The van der Waals surface area contributed by atoms with E-state index in [0.29, 0.717) is 5.92 Å². The fourth-order valence-electron chi connectivity index (χ4n) is 3.83. The number of carbonyl (C=O) groups excluding carboxylic acids is 1. The van der Waals surface area contributed by atoms with Crippen molar-refractivity contribution in [1.82, 2.24) is 9.62 Å². The number of benzene rings is 2. The summed E-state index contributed by atoms with van der Waals surface area (Å²) in [6.45, 7) is 0. The van der Waals surface area contributed by atoms with Gasteiger partial charge in [0.05, 0.1) is 15.5 Å². The Balaban J connectivity index is 1.72. The highest BCUT2D eigenvalue weighted by Crippen LogP contribution is 2.35. The number of carbonyl (C=O) groups is 1. The van der Waals surface area contributed by atoms with Gasteiger partial charge in [0.1, 0.15) is 0 Å². The molecule has 0 heterocycles. The topological polar surface area (TPSA) is 66.5 Å². The average molecular weight is 421 g/mol. The first kappa shape index (κ1) is 20.8. The van der Waals surface area contributed by atoms with Crippen LogP contribution in [0.15, 0.2) is 53.4 Å². The summed E-state index contributed by atoms with van der Waals surface area (Å²) in [7, 11) is -0.534. The van der Waals surface area contributed by atoms with Crippen molar-refractivity contribution >= 4 is 27.5 Å². The molecule has 0 radical (unpaired) electrons. The van der Waals surface area contributed by atoms with E-state index in [0.717, 1.165) is 25.7 Å². The van der Waals surface area contributed by atoms with Crippen molar-refractivity contribution in [2.24, 2.45) is 0 Å². The second kappa shape index (κ2) is 8.64. The minimum Gasteiger partial charge on any atom is -0.339 e. The summed E-state index contributed by atoms with van der Waals surface area (Å²) in [4.78, 5) is 14.7. The second-order valence-corrected chi connectivity index (χ2v) is 9.48. The van der Waals surface area contributed by atoms with Crippen LogP contribution in [0.4, 0.5) is 0 Å². The summed E-state index contributed by atoms with van der Waals surface area (Å²) in [5.74, 6) is 0.273. The molecule has 0 aliphatic heterocycles. The lowest BCUT2D eigenvalue weighted by atomic mass is 9.81. The van der Waals surface area contributed by atoms with Gasteiger partial charge in [0.15, 0.2) is 0 Å². The van der Waals surface area contributed by atoms with E-state index in [1.165, 1.54) is 30.8 Å². The van der Waals surface area contributed by atoms with Crippen LogP contribution in [0, 0.1) is 0 Å². The third kappa shape index (κ3) is 4.40. The van der Waals surface area contributed by atoms with Crippen LogP contribution < -0.4 is 4.72 Å². The lowest BCUT2D eigenvalue weighted by molar-refractivity contribution is 0.0689. The van der Waals surface area contributed by atoms with Crippen molar-refractivity contribution in [2.45, 2.75) is 42.5 Å². The summed E-state index contributed by atoms with van der Waals surface area (Å²) >= 11 is 6.21. The van der Waals surface area contributed by atoms with Crippen molar-refractivity contribution in [3.05, 3.63) is 64.7 Å². The number of hydrogen-bond acceptors (Lipinski definition) is 3. The molecule has 28 heavy (non-hydrogen) atoms. The van der Waals surface area contributed by atoms with Gasteiger partial charge >= 0.3 is 0 Å². The Morgan fingerprint density at radius 1 is 1.07 bits per heavy atom. The summed E-state index contributed by atoms with van der Waals surface area (Å²) < 4.78 is 26.4. The van der Waals surface area contributed by atoms with Gasteiger partial charge in [0.25, 0.3) is 5.91 Å². The lowest BCUT2D eigenvalue weighted by Crippen LogP contribution is -2.39. The first-order chi connectivity index (χ1) is 13.3. The molecule has 0 bridgehead atoms. The van der Waals surface area contributed by atoms with Gasteiger partial charge in [-0.1, -0.05) is 41.9 Å². The van der Waals surface area contributed by atoms with Gasteiger partial charge in [-0.3, -0.25) is 4.79 Å². The van der Waals surface area contributed by atoms with Crippen LogP contribution in [0.25, 0.3) is 0 Å². The minimum atomic E-state index is -3.64. The standard InChI is InChI=1S/C21H25ClN2O3S/c1-23-28(26,27)18-12-13-20(22)19(14-18)21(25)24(2)17-10-8-16(9-11-17)15-6-4-3-5-7-15/h3-7,12-14,16-17,23H,8-11H2,1-2H3. The van der Waals surface area contributed by atoms with Gasteiger partial charge in [0, 0.05) is 13.1 Å². The highest BCUT2D eigenvalue weighted by atomic mass is 35.5. The molecule has 1 aliphatic carbocycles. The van der Waals surface area contributed by atoms with E-state index in [2.05, 4.69) is 29.0 Å². The molecule has 1 saturated carbocycles. The molecule has 150 valence electrons. The smallest absolute Gasteiger partial charge is 0.255 e. The third-order valence-electron chi connectivity index (χ3n) is 5.58. The Kier molecular flexibility index (Phi) is 6.43. The van der Waals surface area contributed by atoms with Gasteiger partial charge in [-0.15, -0.1) is 0 Å². The average Bonchev–Trinajstić information content (AvgIpc) is 2.73. The zero-order valence-corrected chi connectivity index (χ0v) is 17.6. The molecule has 2 aromatic carbocycles. The Bertz CT molecular complexity index is 939. The molecule has 0 atom stereocenters. The van der Waals surface area contributed by atoms with Crippen molar-refractivity contribution < 1.29 is 13.2 Å². The van der Waals surface area contributed by atoms with E-state index in [4.69, 9.17) is 11.6 Å². The highest BCUT2D eigenvalue weighted by Gasteiger charge is 2.29. The fraction of sp³-hybridized carbons (Fsp3) is 0.381. The highest BCUT2D eigenvalue weighted by molar-refractivity contribution is 7.89. The van der Waals surface area contributed by atoms with Gasteiger partial charge < -0.3 is 4.90 Å². The molecular weight excluding hydrogens is 396 g/mol. The lowest BCUT2D eigenvalue weighted by Gasteiger charge is -2.35. The molecule has 3 rings (SSSR count). The van der Waals surface area contributed by atoms with Crippen LogP contribution in [-0.2, 0) is 10.0 Å². The summed E-state index contributed by atoms with van der Waals surface area (Å²) in [6.07, 6.45) is 3.87. The second-order valence-electron chi connectivity index (χ2n) is 7.18. The van der Waals surface area contributed by atoms with Crippen LogP contribution >= 0.6 is 11.6 Å². The first-order valence-electron chi connectivity index (χ1n) is 9.38. The van der Waals surface area contributed by atoms with Crippen molar-refractivity contribution in [1.29, 1.82) is 0 Å². The number of nitrogens with zero attached hydrogens (tertiary/aromatic N) is 1. The van der Waals surface area contributed by atoms with Gasteiger partial charge in [-0.2, -0.15) is 0 Å². The van der Waals surface area contributed by atoms with Crippen LogP contribution in [0.5, 0.6) is 0 Å². The van der Waals surface area contributed by atoms with Crippen LogP contribution in [0.1, 0.15) is 47.5 Å². The molecule has 0 saturated heterocycles. The molecule has 1 amide bonds. The van der Waals surface area contributed by atoms with E-state index in [1.54, 1.807) is 11.9 Å².